The minimum atomic E-state index is -0.437. The van der Waals surface area contributed by atoms with Crippen molar-refractivity contribution in [1.29, 1.82) is 5.53 Å². The van der Waals surface area contributed by atoms with Crippen LogP contribution >= 0.6 is 0 Å². The summed E-state index contributed by atoms with van der Waals surface area (Å²) in [6.07, 6.45) is 5.60. The lowest BCUT2D eigenvalue weighted by Crippen LogP contribution is -2.08. The standard InChI is InChI=1S/C6H4O2.HN3/c7-5-3-1-2-4-6(5)8;1-3-2/h1-4H;1H. The third-order valence-electron chi connectivity index (χ3n) is 0.849. The number of hydrogen-bond donors (Lipinski definition) is 1. The van der Waals surface area contributed by atoms with E-state index in [0.717, 1.165) is 0 Å². The number of carbonyl (C=O) groups is 2. The number of carbonyl (C=O) groups excluding carboxylic acids is 2. The van der Waals surface area contributed by atoms with Gasteiger partial charge in [-0.15, -0.1) is 5.53 Å². The maximum atomic E-state index is 10.3. The van der Waals surface area contributed by atoms with Gasteiger partial charge in [-0.25, -0.2) is 0 Å². The normalized spacial score (nSPS) is 13.5. The van der Waals surface area contributed by atoms with Crippen molar-refractivity contribution in [3.05, 3.63) is 34.7 Å². The predicted molar refractivity (Wildman–Crippen MR) is 37.7 cm³/mol. The number of rotatable bonds is 0. The monoisotopic (exact) mass is 151 g/mol. The van der Waals surface area contributed by atoms with E-state index in [2.05, 4.69) is 0 Å². The first kappa shape index (κ1) is 9.13. The second-order valence-electron chi connectivity index (χ2n) is 1.55. The van der Waals surface area contributed by atoms with Crippen molar-refractivity contribution in [2.75, 3.05) is 0 Å². The van der Waals surface area contributed by atoms with E-state index in [1.165, 1.54) is 12.2 Å². The number of nitrogens with zero attached hydrogens (tertiary/aromatic N) is 2. The van der Waals surface area contributed by atoms with E-state index >= 15 is 0 Å². The van der Waals surface area contributed by atoms with Crippen molar-refractivity contribution < 1.29 is 9.59 Å². The number of hydrogen-bond acceptors (Lipinski definition) is 3. The molecule has 0 aromatic carbocycles. The van der Waals surface area contributed by atoms with Crippen molar-refractivity contribution in [3.63, 3.8) is 0 Å². The summed E-state index contributed by atoms with van der Waals surface area (Å²) in [5, 5.41) is 0. The Bertz CT molecular complexity index is 237. The highest BCUT2D eigenvalue weighted by atomic mass is 16.2. The molecule has 0 radical (unpaired) electrons. The molecular weight excluding hydrogens is 146 g/mol. The molecule has 0 aliphatic heterocycles. The smallest absolute Gasteiger partial charge is 0.225 e. The van der Waals surface area contributed by atoms with E-state index in [9.17, 15) is 9.59 Å². The van der Waals surface area contributed by atoms with Crippen LogP contribution in [0, 0.1) is 5.53 Å². The SMILES string of the molecule is O=C1C=CC=CC1=O.[N-]=[N+]=N. The van der Waals surface area contributed by atoms with Gasteiger partial charge in [-0.05, 0) is 22.6 Å². The summed E-state index contributed by atoms with van der Waals surface area (Å²) in [6, 6.07) is 0. The average molecular weight is 151 g/mol. The molecule has 0 aromatic rings. The molecule has 0 atom stereocenters. The summed E-state index contributed by atoms with van der Waals surface area (Å²) >= 11 is 0. The molecule has 0 bridgehead atoms. The molecule has 0 fully saturated rings. The van der Waals surface area contributed by atoms with Gasteiger partial charge in [0.15, 0.2) is 0 Å². The third kappa shape index (κ3) is 3.66. The molecule has 5 nitrogen and oxygen atoms in total. The van der Waals surface area contributed by atoms with Crippen molar-refractivity contribution in [2.24, 2.45) is 0 Å². The Morgan fingerprint density at radius 1 is 1.18 bits per heavy atom. The summed E-state index contributed by atoms with van der Waals surface area (Å²) in [7, 11) is 0. The number of nitrogens with one attached hydrogen (secondary N) is 1. The fourth-order valence-corrected chi connectivity index (χ4v) is 0.450. The Morgan fingerprint density at radius 2 is 1.45 bits per heavy atom. The topological polar surface area (TPSA) is 94.4 Å². The molecule has 0 saturated carbocycles. The van der Waals surface area contributed by atoms with Gasteiger partial charge in [0.25, 0.3) is 0 Å². The van der Waals surface area contributed by atoms with Crippen LogP contribution in [0.4, 0.5) is 0 Å². The summed E-state index contributed by atoms with van der Waals surface area (Å²) in [5.74, 6) is -0.875. The Labute approximate surface area is 62.4 Å². The van der Waals surface area contributed by atoms with Gasteiger partial charge in [0.1, 0.15) is 0 Å². The molecule has 0 aromatic heterocycles. The Hall–Kier alpha value is -1.87. The van der Waals surface area contributed by atoms with Gasteiger partial charge in [0, 0.05) is 0 Å². The summed E-state index contributed by atoms with van der Waals surface area (Å²) in [5.41, 5.74) is 12.2. The van der Waals surface area contributed by atoms with Gasteiger partial charge >= 0.3 is 0 Å². The molecule has 0 amide bonds. The van der Waals surface area contributed by atoms with Gasteiger partial charge in [0.05, 0.1) is 0 Å². The van der Waals surface area contributed by atoms with E-state index in [1.54, 1.807) is 17.1 Å². The molecule has 0 heterocycles. The zero-order valence-electron chi connectivity index (χ0n) is 5.52. The van der Waals surface area contributed by atoms with Crippen molar-refractivity contribution >= 4 is 11.6 Å². The molecule has 1 N–H and O–H groups in total. The van der Waals surface area contributed by atoms with Gasteiger partial charge < -0.3 is 0 Å². The van der Waals surface area contributed by atoms with Gasteiger partial charge in [-0.3, -0.25) is 9.59 Å². The Morgan fingerprint density at radius 3 is 1.64 bits per heavy atom. The fourth-order valence-electron chi connectivity index (χ4n) is 0.450. The van der Waals surface area contributed by atoms with Crippen molar-refractivity contribution in [2.45, 2.75) is 0 Å². The predicted octanol–water partition coefficient (Wildman–Crippen LogP) is 1.13. The van der Waals surface area contributed by atoms with Crippen LogP contribution in [-0.4, -0.2) is 11.6 Å². The van der Waals surface area contributed by atoms with Crippen LogP contribution in [-0.2, 0) is 9.59 Å². The van der Waals surface area contributed by atoms with Gasteiger partial charge in [-0.1, -0.05) is 12.2 Å². The lowest BCUT2D eigenvalue weighted by molar-refractivity contribution is -0.131. The van der Waals surface area contributed by atoms with Crippen LogP contribution in [0.1, 0.15) is 0 Å². The maximum absolute atomic E-state index is 10.3. The van der Waals surface area contributed by atoms with E-state index in [0.29, 0.717) is 0 Å². The molecule has 5 heteroatoms. The first-order valence-electron chi connectivity index (χ1n) is 2.66. The quantitative estimate of drug-likeness (QED) is 0.184. The van der Waals surface area contributed by atoms with Crippen LogP contribution in [0.15, 0.2) is 24.3 Å². The second-order valence-corrected chi connectivity index (χ2v) is 1.55. The molecular formula is C6H5N3O2. The molecule has 1 aliphatic rings. The number of ketones is 2. The average Bonchev–Trinajstić information content (AvgIpc) is 1.97. The van der Waals surface area contributed by atoms with Gasteiger partial charge in [0.2, 0.25) is 11.6 Å². The summed E-state index contributed by atoms with van der Waals surface area (Å²) < 4.78 is 0. The maximum Gasteiger partial charge on any atom is 0.225 e. The molecule has 0 saturated heterocycles. The van der Waals surface area contributed by atoms with Gasteiger partial charge in [-0.2, -0.15) is 0 Å². The minimum absolute atomic E-state index is 0.437. The van der Waals surface area contributed by atoms with Crippen LogP contribution in [0.5, 0.6) is 0 Å². The molecule has 56 valence electrons. The van der Waals surface area contributed by atoms with E-state index in [-0.39, 0.29) is 0 Å². The minimum Gasteiger partial charge on any atom is -0.286 e. The van der Waals surface area contributed by atoms with Crippen molar-refractivity contribution in [1.82, 2.24) is 0 Å². The highest BCUT2D eigenvalue weighted by Gasteiger charge is 2.06. The third-order valence-corrected chi connectivity index (χ3v) is 0.849. The fraction of sp³-hybridized carbons (Fsp3) is 0. The van der Waals surface area contributed by atoms with E-state index in [1.807, 2.05) is 0 Å². The number of allylic oxidation sites excluding steroid dienone is 4. The largest absolute Gasteiger partial charge is 0.286 e. The first-order chi connectivity index (χ1) is 5.22. The molecule has 0 spiro atoms. The highest BCUT2D eigenvalue weighted by Crippen LogP contribution is 1.90. The first-order valence-corrected chi connectivity index (χ1v) is 2.66. The lowest BCUT2D eigenvalue weighted by Gasteiger charge is -1.88. The molecule has 0 unspecified atom stereocenters. The molecule has 11 heavy (non-hydrogen) atoms. The Kier molecular flexibility index (Phi) is 4.12. The Balaban J connectivity index is 0.000000292. The molecule has 1 aliphatic carbocycles. The zero-order chi connectivity index (χ0) is 8.69. The van der Waals surface area contributed by atoms with Crippen LogP contribution in [0.3, 0.4) is 0 Å². The van der Waals surface area contributed by atoms with Crippen LogP contribution < -0.4 is 0 Å². The lowest BCUT2D eigenvalue weighted by atomic mass is 10.1. The van der Waals surface area contributed by atoms with E-state index in [4.69, 9.17) is 11.1 Å². The van der Waals surface area contributed by atoms with Crippen molar-refractivity contribution in [3.8, 4) is 0 Å². The van der Waals surface area contributed by atoms with E-state index < -0.39 is 11.6 Å². The highest BCUT2D eigenvalue weighted by molar-refractivity contribution is 6.46. The zero-order valence-corrected chi connectivity index (χ0v) is 5.52. The second kappa shape index (κ2) is 4.96. The van der Waals surface area contributed by atoms with Crippen LogP contribution in [0.25, 0.3) is 10.4 Å². The molecule has 1 rings (SSSR count). The summed E-state index contributed by atoms with van der Waals surface area (Å²) in [6.45, 7) is 0. The van der Waals surface area contributed by atoms with Crippen LogP contribution in [0.2, 0.25) is 0 Å². The summed E-state index contributed by atoms with van der Waals surface area (Å²) in [4.78, 5) is 22.4.